The van der Waals surface area contributed by atoms with Gasteiger partial charge in [0.15, 0.2) is 5.82 Å². The van der Waals surface area contributed by atoms with Crippen LogP contribution in [0.25, 0.3) is 11.4 Å². The Bertz CT molecular complexity index is 949. The Balaban J connectivity index is 1.58. The molecule has 2 aliphatic rings. The van der Waals surface area contributed by atoms with Crippen LogP contribution in [-0.4, -0.2) is 39.5 Å². The summed E-state index contributed by atoms with van der Waals surface area (Å²) in [6.07, 6.45) is 1.87. The molecule has 0 unspecified atom stereocenters. The summed E-state index contributed by atoms with van der Waals surface area (Å²) in [5.41, 5.74) is 2.28. The van der Waals surface area contributed by atoms with Gasteiger partial charge in [-0.2, -0.15) is 22.6 Å². The van der Waals surface area contributed by atoms with Crippen LogP contribution in [0.15, 0.2) is 24.3 Å². The third kappa shape index (κ3) is 2.79. The Kier molecular flexibility index (Phi) is 3.69. The van der Waals surface area contributed by atoms with Gasteiger partial charge in [-0.25, -0.2) is 18.1 Å². The van der Waals surface area contributed by atoms with Crippen molar-refractivity contribution in [2.24, 2.45) is 5.73 Å². The molecule has 2 heterocycles. The number of rotatable bonds is 3. The number of benzene rings is 1. The predicted molar refractivity (Wildman–Crippen MR) is 85.9 cm³/mol. The SMILES string of the molecule is NC1(c2ccc(-c3nc4n(n3)CCN(S(=O)(=O)C(F)(F)F)C4)cc2)CC1. The molecule has 2 N–H and O–H groups in total. The van der Waals surface area contributed by atoms with Gasteiger partial charge in [-0.05, 0) is 18.4 Å². The second kappa shape index (κ2) is 5.51. The average Bonchev–Trinajstić information content (AvgIpc) is 3.19. The lowest BCUT2D eigenvalue weighted by Crippen LogP contribution is -2.44. The van der Waals surface area contributed by atoms with Crippen LogP contribution in [0.3, 0.4) is 0 Å². The molecule has 0 amide bonds. The Morgan fingerprint density at radius 3 is 2.35 bits per heavy atom. The van der Waals surface area contributed by atoms with Gasteiger partial charge in [0.05, 0.1) is 13.1 Å². The molecular weight excluding hydrogens is 371 g/mol. The zero-order valence-electron chi connectivity index (χ0n) is 13.6. The number of aromatic nitrogens is 3. The molecule has 1 aliphatic heterocycles. The van der Waals surface area contributed by atoms with Crippen LogP contribution in [0.1, 0.15) is 24.2 Å². The maximum atomic E-state index is 12.7. The molecule has 4 rings (SSSR count). The van der Waals surface area contributed by atoms with Gasteiger partial charge >= 0.3 is 15.5 Å². The minimum Gasteiger partial charge on any atom is -0.321 e. The zero-order valence-corrected chi connectivity index (χ0v) is 14.4. The molecule has 0 radical (unpaired) electrons. The quantitative estimate of drug-likeness (QED) is 0.863. The topological polar surface area (TPSA) is 94.1 Å². The van der Waals surface area contributed by atoms with E-state index in [9.17, 15) is 21.6 Å². The second-order valence-electron chi connectivity index (χ2n) is 6.59. The van der Waals surface area contributed by atoms with E-state index in [0.717, 1.165) is 18.4 Å². The van der Waals surface area contributed by atoms with Gasteiger partial charge in [0.2, 0.25) is 0 Å². The van der Waals surface area contributed by atoms with E-state index in [1.807, 2.05) is 24.3 Å². The smallest absolute Gasteiger partial charge is 0.321 e. The van der Waals surface area contributed by atoms with E-state index in [2.05, 4.69) is 10.1 Å². The molecule has 1 aliphatic carbocycles. The molecule has 0 spiro atoms. The van der Waals surface area contributed by atoms with E-state index in [1.165, 1.54) is 4.68 Å². The predicted octanol–water partition coefficient (Wildman–Crippen LogP) is 1.56. The number of nitrogens with zero attached hydrogens (tertiary/aromatic N) is 4. The summed E-state index contributed by atoms with van der Waals surface area (Å²) in [5, 5.41) is 4.28. The Labute approximate surface area is 147 Å². The highest BCUT2D eigenvalue weighted by Gasteiger charge is 2.50. The summed E-state index contributed by atoms with van der Waals surface area (Å²) < 4.78 is 63.1. The summed E-state index contributed by atoms with van der Waals surface area (Å²) in [6, 6.07) is 7.41. The van der Waals surface area contributed by atoms with Crippen LogP contribution in [0.2, 0.25) is 0 Å². The van der Waals surface area contributed by atoms with E-state index in [-0.39, 0.29) is 24.5 Å². The Morgan fingerprint density at radius 1 is 1.12 bits per heavy atom. The highest BCUT2D eigenvalue weighted by molar-refractivity contribution is 7.89. The van der Waals surface area contributed by atoms with Crippen LogP contribution in [0, 0.1) is 0 Å². The van der Waals surface area contributed by atoms with Gasteiger partial charge in [-0.3, -0.25) is 0 Å². The summed E-state index contributed by atoms with van der Waals surface area (Å²) in [5.74, 6) is 0.528. The molecule has 11 heteroatoms. The maximum absolute atomic E-state index is 12.7. The first-order chi connectivity index (χ1) is 12.1. The van der Waals surface area contributed by atoms with E-state index in [0.29, 0.717) is 15.7 Å². The van der Waals surface area contributed by atoms with Gasteiger partial charge in [0.25, 0.3) is 0 Å². The van der Waals surface area contributed by atoms with Crippen LogP contribution in [0.4, 0.5) is 13.2 Å². The lowest BCUT2D eigenvalue weighted by atomic mass is 10.0. The monoisotopic (exact) mass is 387 g/mol. The van der Waals surface area contributed by atoms with Crippen molar-refractivity contribution in [1.29, 1.82) is 0 Å². The molecule has 0 atom stereocenters. The Morgan fingerprint density at radius 2 is 1.77 bits per heavy atom. The first kappa shape index (κ1) is 17.4. The van der Waals surface area contributed by atoms with Gasteiger partial charge in [-0.15, -0.1) is 0 Å². The molecule has 7 nitrogen and oxygen atoms in total. The number of sulfonamides is 1. The summed E-state index contributed by atoms with van der Waals surface area (Å²) in [6.45, 7) is -0.743. The van der Waals surface area contributed by atoms with Gasteiger partial charge < -0.3 is 5.73 Å². The third-order valence-corrected chi connectivity index (χ3v) is 6.34. The first-order valence-electron chi connectivity index (χ1n) is 8.00. The van der Waals surface area contributed by atoms with Gasteiger partial charge in [-0.1, -0.05) is 24.3 Å². The number of hydrogen-bond acceptors (Lipinski definition) is 5. The number of halogens is 3. The van der Waals surface area contributed by atoms with E-state index >= 15 is 0 Å². The maximum Gasteiger partial charge on any atom is 0.511 e. The minimum atomic E-state index is -5.37. The van der Waals surface area contributed by atoms with Crippen molar-refractivity contribution < 1.29 is 21.6 Å². The van der Waals surface area contributed by atoms with Crippen molar-refractivity contribution >= 4 is 10.0 Å². The third-order valence-electron chi connectivity index (χ3n) is 4.77. The van der Waals surface area contributed by atoms with Crippen molar-refractivity contribution in [3.8, 4) is 11.4 Å². The van der Waals surface area contributed by atoms with Crippen LogP contribution >= 0.6 is 0 Å². The van der Waals surface area contributed by atoms with Crippen molar-refractivity contribution in [3.05, 3.63) is 35.7 Å². The summed E-state index contributed by atoms with van der Waals surface area (Å²) in [7, 11) is -5.37. The molecule has 1 fully saturated rings. The van der Waals surface area contributed by atoms with Crippen LogP contribution < -0.4 is 5.73 Å². The number of fused-ring (bicyclic) bond motifs is 1. The highest BCUT2D eigenvalue weighted by atomic mass is 32.2. The normalized spacial score (nSPS) is 20.0. The fourth-order valence-corrected chi connectivity index (χ4v) is 3.86. The van der Waals surface area contributed by atoms with Crippen molar-refractivity contribution in [2.75, 3.05) is 6.54 Å². The van der Waals surface area contributed by atoms with Gasteiger partial charge in [0.1, 0.15) is 5.82 Å². The molecule has 0 saturated heterocycles. The molecule has 1 saturated carbocycles. The van der Waals surface area contributed by atoms with Crippen molar-refractivity contribution in [3.63, 3.8) is 0 Å². The first-order valence-corrected chi connectivity index (χ1v) is 9.44. The van der Waals surface area contributed by atoms with E-state index < -0.39 is 22.1 Å². The molecular formula is C15H16F3N5O2S. The molecule has 0 bridgehead atoms. The fraction of sp³-hybridized carbons (Fsp3) is 0.467. The zero-order chi connectivity index (χ0) is 18.7. The highest BCUT2D eigenvalue weighted by Crippen LogP contribution is 2.42. The lowest BCUT2D eigenvalue weighted by Gasteiger charge is -2.26. The second-order valence-corrected chi connectivity index (χ2v) is 8.52. The van der Waals surface area contributed by atoms with Gasteiger partial charge in [0, 0.05) is 17.6 Å². The molecule has 140 valence electrons. The van der Waals surface area contributed by atoms with E-state index in [4.69, 9.17) is 5.73 Å². The molecule has 26 heavy (non-hydrogen) atoms. The van der Waals surface area contributed by atoms with Crippen molar-refractivity contribution in [1.82, 2.24) is 19.1 Å². The molecule has 1 aromatic carbocycles. The summed E-state index contributed by atoms with van der Waals surface area (Å²) in [4.78, 5) is 4.22. The summed E-state index contributed by atoms with van der Waals surface area (Å²) >= 11 is 0. The van der Waals surface area contributed by atoms with E-state index in [1.54, 1.807) is 0 Å². The fourth-order valence-electron chi connectivity index (χ4n) is 2.96. The standard InChI is InChI=1S/C15H16F3N5O2S/c16-15(17,18)26(24,25)22-7-8-23-12(9-22)20-13(21-23)10-1-3-11(4-2-10)14(19)5-6-14/h1-4H,5-9,19H2. The van der Waals surface area contributed by atoms with Crippen LogP contribution in [0.5, 0.6) is 0 Å². The van der Waals surface area contributed by atoms with Crippen molar-refractivity contribution in [2.45, 2.75) is 37.0 Å². The minimum absolute atomic E-state index is 0.0155. The molecule has 1 aromatic heterocycles. The Hall–Kier alpha value is -1.98. The molecule has 2 aromatic rings. The number of nitrogens with two attached hydrogens (primary N) is 1. The average molecular weight is 387 g/mol. The number of alkyl halides is 3. The van der Waals surface area contributed by atoms with Crippen LogP contribution in [-0.2, 0) is 28.7 Å². The lowest BCUT2D eigenvalue weighted by molar-refractivity contribution is -0.0496. The largest absolute Gasteiger partial charge is 0.511 e. The number of hydrogen-bond donors (Lipinski definition) is 1.